The number of hydrogen-bond donors (Lipinski definition) is 1. The van der Waals surface area contributed by atoms with Crippen LogP contribution in [0.25, 0.3) is 0 Å². The summed E-state index contributed by atoms with van der Waals surface area (Å²) in [5.74, 6) is 0.160. The highest BCUT2D eigenvalue weighted by Gasteiger charge is 2.26. The summed E-state index contributed by atoms with van der Waals surface area (Å²) in [4.78, 5) is 41.4. The Morgan fingerprint density at radius 1 is 1.31 bits per heavy atom. The lowest BCUT2D eigenvalue weighted by Crippen LogP contribution is -2.40. The SMILES string of the molecule is CC(=O)c1ccc2c(c1)N(CCC(=O)Nc1cccc(Cl)n1)C(=O)CO2. The normalized spacial score (nSPS) is 13.0. The van der Waals surface area contributed by atoms with E-state index in [2.05, 4.69) is 10.3 Å². The standard InChI is InChI=1S/C18H16ClN3O4/c1-11(23)12-5-6-14-13(9-12)22(18(25)10-26-14)8-7-17(24)21-16-4-2-3-15(19)20-16/h2-6,9H,7-8,10H2,1H3,(H,20,21,24). The van der Waals surface area contributed by atoms with Gasteiger partial charge in [-0.15, -0.1) is 0 Å². The second-order valence-electron chi connectivity index (χ2n) is 5.72. The number of hydrogen-bond acceptors (Lipinski definition) is 5. The predicted molar refractivity (Wildman–Crippen MR) is 96.8 cm³/mol. The van der Waals surface area contributed by atoms with Crippen molar-refractivity contribution in [2.24, 2.45) is 0 Å². The third-order valence-electron chi connectivity index (χ3n) is 3.85. The van der Waals surface area contributed by atoms with Gasteiger partial charge in [0.05, 0.1) is 5.69 Å². The Morgan fingerprint density at radius 3 is 2.85 bits per heavy atom. The molecule has 134 valence electrons. The van der Waals surface area contributed by atoms with E-state index in [0.717, 1.165) is 0 Å². The fraction of sp³-hybridized carbons (Fsp3) is 0.222. The van der Waals surface area contributed by atoms with E-state index >= 15 is 0 Å². The van der Waals surface area contributed by atoms with Gasteiger partial charge in [0.2, 0.25) is 5.91 Å². The smallest absolute Gasteiger partial charge is 0.265 e. The molecule has 8 heteroatoms. The molecule has 26 heavy (non-hydrogen) atoms. The summed E-state index contributed by atoms with van der Waals surface area (Å²) in [7, 11) is 0. The van der Waals surface area contributed by atoms with Crippen LogP contribution >= 0.6 is 11.6 Å². The first-order valence-corrected chi connectivity index (χ1v) is 8.32. The molecule has 0 unspecified atom stereocenters. The molecule has 0 bridgehead atoms. The van der Waals surface area contributed by atoms with Gasteiger partial charge in [0.25, 0.3) is 5.91 Å². The predicted octanol–water partition coefficient (Wildman–Crippen LogP) is 2.69. The highest BCUT2D eigenvalue weighted by Crippen LogP contribution is 2.33. The third-order valence-corrected chi connectivity index (χ3v) is 4.06. The number of aromatic nitrogens is 1. The van der Waals surface area contributed by atoms with E-state index in [1.807, 2.05) is 0 Å². The molecule has 1 aliphatic heterocycles. The summed E-state index contributed by atoms with van der Waals surface area (Å²) in [5.41, 5.74) is 0.960. The van der Waals surface area contributed by atoms with E-state index in [0.29, 0.717) is 22.8 Å². The lowest BCUT2D eigenvalue weighted by Gasteiger charge is -2.29. The first-order valence-electron chi connectivity index (χ1n) is 7.94. The number of Topliss-reactive ketones (excluding diaryl/α,β-unsaturated/α-hetero) is 1. The molecule has 0 atom stereocenters. The van der Waals surface area contributed by atoms with Gasteiger partial charge in [-0.25, -0.2) is 4.98 Å². The monoisotopic (exact) mass is 373 g/mol. The van der Waals surface area contributed by atoms with Crippen molar-refractivity contribution in [2.75, 3.05) is 23.4 Å². The van der Waals surface area contributed by atoms with Gasteiger partial charge in [-0.1, -0.05) is 17.7 Å². The summed E-state index contributed by atoms with van der Waals surface area (Å²) < 4.78 is 5.39. The van der Waals surface area contributed by atoms with Crippen molar-refractivity contribution in [1.29, 1.82) is 0 Å². The number of ketones is 1. The molecule has 0 radical (unpaired) electrons. The molecule has 0 saturated carbocycles. The van der Waals surface area contributed by atoms with Crippen LogP contribution < -0.4 is 15.0 Å². The number of fused-ring (bicyclic) bond motifs is 1. The molecular formula is C18H16ClN3O4. The molecule has 0 fully saturated rings. The molecule has 0 aliphatic carbocycles. The second-order valence-corrected chi connectivity index (χ2v) is 6.10. The maximum atomic E-state index is 12.2. The lowest BCUT2D eigenvalue weighted by molar-refractivity contribution is -0.121. The summed E-state index contributed by atoms with van der Waals surface area (Å²) >= 11 is 5.79. The quantitative estimate of drug-likeness (QED) is 0.643. The Kier molecular flexibility index (Phi) is 5.18. The second kappa shape index (κ2) is 7.53. The lowest BCUT2D eigenvalue weighted by atomic mass is 10.1. The molecule has 0 saturated heterocycles. The van der Waals surface area contributed by atoms with Crippen molar-refractivity contribution in [1.82, 2.24) is 4.98 Å². The molecule has 2 amide bonds. The van der Waals surface area contributed by atoms with Crippen molar-refractivity contribution in [3.05, 3.63) is 47.1 Å². The van der Waals surface area contributed by atoms with Gasteiger partial charge >= 0.3 is 0 Å². The molecule has 2 aromatic rings. The van der Waals surface area contributed by atoms with Gasteiger partial charge in [-0.3, -0.25) is 14.4 Å². The van der Waals surface area contributed by atoms with Crippen LogP contribution in [0.15, 0.2) is 36.4 Å². The number of anilines is 2. The first-order chi connectivity index (χ1) is 12.4. The topological polar surface area (TPSA) is 88.6 Å². The van der Waals surface area contributed by atoms with E-state index < -0.39 is 0 Å². The van der Waals surface area contributed by atoms with Gasteiger partial charge in [0.15, 0.2) is 12.4 Å². The molecule has 1 aliphatic rings. The van der Waals surface area contributed by atoms with Crippen molar-refractivity contribution in [3.8, 4) is 5.75 Å². The minimum Gasteiger partial charge on any atom is -0.482 e. The Bertz CT molecular complexity index is 884. The number of pyridine rings is 1. The van der Waals surface area contributed by atoms with Crippen molar-refractivity contribution in [3.63, 3.8) is 0 Å². The van der Waals surface area contributed by atoms with Crippen molar-refractivity contribution < 1.29 is 19.1 Å². The van der Waals surface area contributed by atoms with E-state index in [1.165, 1.54) is 11.8 Å². The number of benzene rings is 1. The van der Waals surface area contributed by atoms with Gasteiger partial charge in [0.1, 0.15) is 16.7 Å². The van der Waals surface area contributed by atoms with Crippen molar-refractivity contribution >= 4 is 40.7 Å². The van der Waals surface area contributed by atoms with E-state index in [9.17, 15) is 14.4 Å². The zero-order valence-corrected chi connectivity index (χ0v) is 14.7. The molecule has 7 nitrogen and oxygen atoms in total. The maximum absolute atomic E-state index is 12.2. The summed E-state index contributed by atoms with van der Waals surface area (Å²) in [6, 6.07) is 9.81. The van der Waals surface area contributed by atoms with Crippen LogP contribution in [0.2, 0.25) is 5.15 Å². The molecule has 1 aromatic carbocycles. The Labute approximate surface area is 154 Å². The van der Waals surface area contributed by atoms with Gasteiger partial charge in [-0.05, 0) is 37.3 Å². The molecule has 1 N–H and O–H groups in total. The van der Waals surface area contributed by atoms with Crippen LogP contribution in [-0.4, -0.2) is 35.7 Å². The van der Waals surface area contributed by atoms with Crippen LogP contribution in [0.4, 0.5) is 11.5 Å². The van der Waals surface area contributed by atoms with Crippen LogP contribution in [0, 0.1) is 0 Å². The number of nitrogens with one attached hydrogen (secondary N) is 1. The number of nitrogens with zero attached hydrogens (tertiary/aromatic N) is 2. The average molecular weight is 374 g/mol. The Balaban J connectivity index is 1.71. The molecule has 3 rings (SSSR count). The molecule has 1 aromatic heterocycles. The fourth-order valence-corrected chi connectivity index (χ4v) is 2.73. The average Bonchev–Trinajstić information content (AvgIpc) is 2.60. The van der Waals surface area contributed by atoms with Crippen molar-refractivity contribution in [2.45, 2.75) is 13.3 Å². The van der Waals surface area contributed by atoms with Crippen LogP contribution in [0.3, 0.4) is 0 Å². The van der Waals surface area contributed by atoms with Crippen LogP contribution in [0.5, 0.6) is 5.75 Å². The zero-order chi connectivity index (χ0) is 18.7. The number of amides is 2. The van der Waals surface area contributed by atoms with E-state index in [-0.39, 0.29) is 42.3 Å². The zero-order valence-electron chi connectivity index (χ0n) is 14.0. The summed E-state index contributed by atoms with van der Waals surface area (Å²) in [6.07, 6.45) is 0.0592. The van der Waals surface area contributed by atoms with E-state index in [1.54, 1.807) is 36.4 Å². The van der Waals surface area contributed by atoms with Gasteiger partial charge in [-0.2, -0.15) is 0 Å². The highest BCUT2D eigenvalue weighted by molar-refractivity contribution is 6.29. The third kappa shape index (κ3) is 4.00. The van der Waals surface area contributed by atoms with E-state index in [4.69, 9.17) is 16.3 Å². The minimum atomic E-state index is -0.302. The van der Waals surface area contributed by atoms with Gasteiger partial charge < -0.3 is 15.0 Å². The fourth-order valence-electron chi connectivity index (χ4n) is 2.56. The number of carbonyl (C=O) groups is 3. The number of halogens is 1. The molecule has 0 spiro atoms. The Hall–Kier alpha value is -2.93. The summed E-state index contributed by atoms with van der Waals surface area (Å²) in [5, 5.41) is 2.91. The summed E-state index contributed by atoms with van der Waals surface area (Å²) in [6.45, 7) is 1.50. The molecular weight excluding hydrogens is 358 g/mol. The maximum Gasteiger partial charge on any atom is 0.265 e. The minimum absolute atomic E-state index is 0.0592. The first kappa shape index (κ1) is 17.9. The van der Waals surface area contributed by atoms with Crippen LogP contribution in [0.1, 0.15) is 23.7 Å². The molecule has 2 heterocycles. The number of carbonyl (C=O) groups excluding carboxylic acids is 3. The highest BCUT2D eigenvalue weighted by atomic mass is 35.5. The van der Waals surface area contributed by atoms with Gasteiger partial charge in [0, 0.05) is 18.5 Å². The number of rotatable bonds is 5. The largest absolute Gasteiger partial charge is 0.482 e. The number of ether oxygens (including phenoxy) is 1. The Morgan fingerprint density at radius 2 is 2.12 bits per heavy atom. The van der Waals surface area contributed by atoms with Crippen LogP contribution in [-0.2, 0) is 9.59 Å².